The molecule has 2 aliphatic rings. The second kappa shape index (κ2) is 4.79. The van der Waals surface area contributed by atoms with Crippen LogP contribution in [-0.2, 0) is 14.8 Å². The van der Waals surface area contributed by atoms with Crippen LogP contribution < -0.4 is 11.1 Å². The first-order valence-corrected chi connectivity index (χ1v) is 8.18. The third kappa shape index (κ3) is 2.84. The van der Waals surface area contributed by atoms with E-state index in [2.05, 4.69) is 5.32 Å². The monoisotopic (exact) mass is 275 g/mol. The second-order valence-corrected chi connectivity index (χ2v) is 7.38. The highest BCUT2D eigenvalue weighted by Crippen LogP contribution is 2.44. The van der Waals surface area contributed by atoms with Gasteiger partial charge in [0.1, 0.15) is 0 Å². The van der Waals surface area contributed by atoms with Gasteiger partial charge in [-0.05, 0) is 25.7 Å². The van der Waals surface area contributed by atoms with Crippen LogP contribution in [-0.4, -0.2) is 50.6 Å². The number of nitrogens with one attached hydrogen (secondary N) is 1. The van der Waals surface area contributed by atoms with Crippen LogP contribution in [0, 0.1) is 5.41 Å². The van der Waals surface area contributed by atoms with Gasteiger partial charge in [0, 0.05) is 25.7 Å². The topological polar surface area (TPSA) is 92.5 Å². The van der Waals surface area contributed by atoms with E-state index in [9.17, 15) is 13.2 Å². The maximum absolute atomic E-state index is 12.0. The van der Waals surface area contributed by atoms with Gasteiger partial charge >= 0.3 is 0 Å². The van der Waals surface area contributed by atoms with Gasteiger partial charge in [0.05, 0.1) is 11.7 Å². The second-order valence-electron chi connectivity index (χ2n) is 5.39. The molecule has 2 fully saturated rings. The van der Waals surface area contributed by atoms with Gasteiger partial charge in [0.15, 0.2) is 0 Å². The van der Waals surface area contributed by atoms with E-state index in [1.165, 1.54) is 10.6 Å². The molecule has 0 radical (unpaired) electrons. The Labute approximate surface area is 108 Å². The molecule has 2 rings (SSSR count). The fraction of sp³-hybridized carbons (Fsp3) is 0.909. The van der Waals surface area contributed by atoms with Crippen molar-refractivity contribution in [2.75, 3.05) is 25.9 Å². The summed E-state index contributed by atoms with van der Waals surface area (Å²) in [6, 6.07) is 0.0829. The van der Waals surface area contributed by atoms with Crippen LogP contribution in [0.15, 0.2) is 0 Å². The summed E-state index contributed by atoms with van der Waals surface area (Å²) < 4.78 is 24.2. The highest BCUT2D eigenvalue weighted by molar-refractivity contribution is 7.88. The molecule has 7 heteroatoms. The number of hydrogen-bond acceptors (Lipinski definition) is 4. The standard InChI is InChI=1S/C11H21N3O3S/c1-18(16,17)14-6-2-9(3-7-14)13-10(15)11(8-12)4-5-11/h9H,2-8,12H2,1H3,(H,13,15). The molecule has 0 unspecified atom stereocenters. The van der Waals surface area contributed by atoms with E-state index in [0.29, 0.717) is 32.5 Å². The van der Waals surface area contributed by atoms with E-state index < -0.39 is 10.0 Å². The van der Waals surface area contributed by atoms with Crippen molar-refractivity contribution in [3.63, 3.8) is 0 Å². The average Bonchev–Trinajstić information content (AvgIpc) is 3.09. The Bertz CT molecular complexity index is 423. The number of piperidine rings is 1. The molecule has 1 heterocycles. The molecule has 1 aliphatic heterocycles. The third-order valence-electron chi connectivity index (χ3n) is 3.98. The summed E-state index contributed by atoms with van der Waals surface area (Å²) in [4.78, 5) is 12.0. The fourth-order valence-electron chi connectivity index (χ4n) is 2.35. The van der Waals surface area contributed by atoms with Crippen LogP contribution in [0.5, 0.6) is 0 Å². The summed E-state index contributed by atoms with van der Waals surface area (Å²) in [6.07, 6.45) is 4.33. The number of hydrogen-bond donors (Lipinski definition) is 2. The lowest BCUT2D eigenvalue weighted by molar-refractivity contribution is -0.126. The molecule has 1 aliphatic carbocycles. The number of nitrogens with zero attached hydrogens (tertiary/aromatic N) is 1. The van der Waals surface area contributed by atoms with Crippen molar-refractivity contribution in [2.24, 2.45) is 11.1 Å². The highest BCUT2D eigenvalue weighted by Gasteiger charge is 2.49. The van der Waals surface area contributed by atoms with Crippen molar-refractivity contribution in [3.8, 4) is 0 Å². The van der Waals surface area contributed by atoms with Crippen molar-refractivity contribution in [1.29, 1.82) is 0 Å². The molecule has 0 spiro atoms. The first-order valence-electron chi connectivity index (χ1n) is 6.33. The van der Waals surface area contributed by atoms with Gasteiger partial charge in [-0.3, -0.25) is 4.79 Å². The molecule has 18 heavy (non-hydrogen) atoms. The van der Waals surface area contributed by atoms with Crippen LogP contribution in [0.2, 0.25) is 0 Å². The maximum Gasteiger partial charge on any atom is 0.227 e. The molecule has 0 aromatic carbocycles. The summed E-state index contributed by atoms with van der Waals surface area (Å²) >= 11 is 0. The molecular weight excluding hydrogens is 254 g/mol. The van der Waals surface area contributed by atoms with E-state index in [-0.39, 0.29) is 17.4 Å². The number of carbonyl (C=O) groups is 1. The van der Waals surface area contributed by atoms with Gasteiger partial charge in [-0.1, -0.05) is 0 Å². The van der Waals surface area contributed by atoms with Crippen LogP contribution in [0.3, 0.4) is 0 Å². The lowest BCUT2D eigenvalue weighted by Gasteiger charge is -2.31. The quantitative estimate of drug-likeness (QED) is 0.707. The van der Waals surface area contributed by atoms with Crippen molar-refractivity contribution in [2.45, 2.75) is 31.7 Å². The smallest absolute Gasteiger partial charge is 0.227 e. The minimum absolute atomic E-state index is 0.0443. The average molecular weight is 275 g/mol. The molecule has 0 atom stereocenters. The molecule has 104 valence electrons. The number of amides is 1. The SMILES string of the molecule is CS(=O)(=O)N1CCC(NC(=O)C2(CN)CC2)CC1. The Morgan fingerprint density at radius 2 is 1.94 bits per heavy atom. The fourth-order valence-corrected chi connectivity index (χ4v) is 3.22. The van der Waals surface area contributed by atoms with Crippen LogP contribution in [0.1, 0.15) is 25.7 Å². The number of sulfonamides is 1. The molecule has 0 aromatic heterocycles. The first-order chi connectivity index (χ1) is 8.37. The van der Waals surface area contributed by atoms with E-state index in [1.54, 1.807) is 0 Å². The molecule has 0 aromatic rings. The first kappa shape index (κ1) is 13.8. The van der Waals surface area contributed by atoms with Gasteiger partial charge in [-0.15, -0.1) is 0 Å². The highest BCUT2D eigenvalue weighted by atomic mass is 32.2. The van der Waals surface area contributed by atoms with Gasteiger partial charge in [0.2, 0.25) is 15.9 Å². The van der Waals surface area contributed by atoms with Crippen LogP contribution >= 0.6 is 0 Å². The Hall–Kier alpha value is -0.660. The predicted octanol–water partition coefficient (Wildman–Crippen LogP) is -0.734. The summed E-state index contributed by atoms with van der Waals surface area (Å²) in [5.41, 5.74) is 5.28. The van der Waals surface area contributed by atoms with Gasteiger partial charge in [0.25, 0.3) is 0 Å². The zero-order valence-corrected chi connectivity index (χ0v) is 11.5. The van der Waals surface area contributed by atoms with Gasteiger partial charge in [-0.2, -0.15) is 0 Å². The predicted molar refractivity (Wildman–Crippen MR) is 68.3 cm³/mol. The zero-order chi connectivity index (χ0) is 13.4. The van der Waals surface area contributed by atoms with E-state index in [0.717, 1.165) is 12.8 Å². The summed E-state index contributed by atoms with van der Waals surface area (Å²) in [7, 11) is -3.10. The minimum Gasteiger partial charge on any atom is -0.353 e. The molecule has 3 N–H and O–H groups in total. The van der Waals surface area contributed by atoms with E-state index in [1.807, 2.05) is 0 Å². The number of rotatable bonds is 4. The largest absolute Gasteiger partial charge is 0.353 e. The Kier molecular flexibility index (Phi) is 3.66. The molecule has 1 saturated heterocycles. The van der Waals surface area contributed by atoms with Gasteiger partial charge < -0.3 is 11.1 Å². The minimum atomic E-state index is -3.10. The van der Waals surface area contributed by atoms with Crippen molar-refractivity contribution in [1.82, 2.24) is 9.62 Å². The summed E-state index contributed by atoms with van der Waals surface area (Å²) in [5.74, 6) is 0.0443. The lowest BCUT2D eigenvalue weighted by atomic mass is 10.0. The van der Waals surface area contributed by atoms with Crippen molar-refractivity contribution >= 4 is 15.9 Å². The summed E-state index contributed by atoms with van der Waals surface area (Å²) in [6.45, 7) is 1.37. The zero-order valence-electron chi connectivity index (χ0n) is 10.7. The van der Waals surface area contributed by atoms with E-state index >= 15 is 0 Å². The Morgan fingerprint density at radius 3 is 2.33 bits per heavy atom. The third-order valence-corrected chi connectivity index (χ3v) is 5.29. The number of carbonyl (C=O) groups excluding carboxylic acids is 1. The van der Waals surface area contributed by atoms with Crippen LogP contribution in [0.4, 0.5) is 0 Å². The molecule has 0 bridgehead atoms. The molecule has 1 saturated carbocycles. The Morgan fingerprint density at radius 1 is 1.39 bits per heavy atom. The maximum atomic E-state index is 12.0. The van der Waals surface area contributed by atoms with Gasteiger partial charge in [-0.25, -0.2) is 12.7 Å². The molecular formula is C11H21N3O3S. The summed E-state index contributed by atoms with van der Waals surface area (Å²) in [5, 5.41) is 3.00. The van der Waals surface area contributed by atoms with Crippen molar-refractivity contribution in [3.05, 3.63) is 0 Å². The van der Waals surface area contributed by atoms with Crippen LogP contribution in [0.25, 0.3) is 0 Å². The molecule has 6 nitrogen and oxygen atoms in total. The lowest BCUT2D eigenvalue weighted by Crippen LogP contribution is -2.48. The Balaban J connectivity index is 1.82. The normalized spacial score (nSPS) is 24.8. The van der Waals surface area contributed by atoms with E-state index in [4.69, 9.17) is 5.73 Å². The van der Waals surface area contributed by atoms with Crippen molar-refractivity contribution < 1.29 is 13.2 Å². The number of nitrogens with two attached hydrogens (primary N) is 1. The molecule has 1 amide bonds.